The van der Waals surface area contributed by atoms with Crippen LogP contribution in [-0.2, 0) is 11.3 Å². The van der Waals surface area contributed by atoms with Crippen molar-refractivity contribution in [1.82, 2.24) is 20.1 Å². The SMILES string of the molecule is CC(C)[C@H](N)C(=O)NCc1cccc(-n2cncn2)c1. The summed E-state index contributed by atoms with van der Waals surface area (Å²) in [6.07, 6.45) is 3.11. The fourth-order valence-electron chi connectivity index (χ4n) is 1.76. The van der Waals surface area contributed by atoms with Gasteiger partial charge in [-0.2, -0.15) is 5.10 Å². The maximum atomic E-state index is 11.8. The number of benzene rings is 1. The van der Waals surface area contributed by atoms with E-state index in [0.717, 1.165) is 11.3 Å². The molecule has 0 spiro atoms. The molecule has 1 aromatic carbocycles. The van der Waals surface area contributed by atoms with Crippen molar-refractivity contribution in [3.8, 4) is 5.69 Å². The van der Waals surface area contributed by atoms with Crippen LogP contribution in [0.3, 0.4) is 0 Å². The number of hydrogen-bond donors (Lipinski definition) is 2. The molecule has 2 rings (SSSR count). The van der Waals surface area contributed by atoms with Crippen LogP contribution in [0, 0.1) is 5.92 Å². The van der Waals surface area contributed by atoms with Crippen molar-refractivity contribution in [3.05, 3.63) is 42.5 Å². The van der Waals surface area contributed by atoms with Crippen LogP contribution in [0.2, 0.25) is 0 Å². The van der Waals surface area contributed by atoms with E-state index < -0.39 is 6.04 Å². The standard InChI is InChI=1S/C14H19N5O/c1-10(2)13(15)14(20)17-7-11-4-3-5-12(6-11)19-9-16-8-18-19/h3-6,8-10,13H,7,15H2,1-2H3,(H,17,20)/t13-/m0/s1. The smallest absolute Gasteiger partial charge is 0.237 e. The third-order valence-corrected chi connectivity index (χ3v) is 3.08. The molecule has 0 aliphatic rings. The average molecular weight is 273 g/mol. The highest BCUT2D eigenvalue weighted by atomic mass is 16.2. The van der Waals surface area contributed by atoms with Gasteiger partial charge in [0, 0.05) is 6.54 Å². The number of nitrogens with zero attached hydrogens (tertiary/aromatic N) is 3. The van der Waals surface area contributed by atoms with Crippen LogP contribution in [0.5, 0.6) is 0 Å². The zero-order valence-corrected chi connectivity index (χ0v) is 11.7. The van der Waals surface area contributed by atoms with E-state index in [-0.39, 0.29) is 11.8 Å². The summed E-state index contributed by atoms with van der Waals surface area (Å²) in [6.45, 7) is 4.30. The second-order valence-electron chi connectivity index (χ2n) is 5.00. The third kappa shape index (κ3) is 3.42. The lowest BCUT2D eigenvalue weighted by molar-refractivity contribution is -0.123. The number of nitrogens with one attached hydrogen (secondary N) is 1. The molecule has 0 bridgehead atoms. The summed E-state index contributed by atoms with van der Waals surface area (Å²) in [5.41, 5.74) is 7.69. The Morgan fingerprint density at radius 3 is 2.90 bits per heavy atom. The van der Waals surface area contributed by atoms with Crippen LogP contribution in [0.4, 0.5) is 0 Å². The Labute approximate surface area is 118 Å². The van der Waals surface area contributed by atoms with E-state index in [1.165, 1.54) is 6.33 Å². The van der Waals surface area contributed by atoms with Crippen molar-refractivity contribution >= 4 is 5.91 Å². The minimum atomic E-state index is -0.478. The molecular weight excluding hydrogens is 254 g/mol. The molecular formula is C14H19N5O. The average Bonchev–Trinajstić information content (AvgIpc) is 2.98. The number of carbonyl (C=O) groups excluding carboxylic acids is 1. The molecule has 6 heteroatoms. The number of aromatic nitrogens is 3. The lowest BCUT2D eigenvalue weighted by atomic mass is 10.0. The summed E-state index contributed by atoms with van der Waals surface area (Å²) in [4.78, 5) is 15.7. The van der Waals surface area contributed by atoms with Crippen molar-refractivity contribution in [1.29, 1.82) is 0 Å². The molecule has 0 unspecified atom stereocenters. The highest BCUT2D eigenvalue weighted by Crippen LogP contribution is 2.09. The molecule has 0 aliphatic heterocycles. The lowest BCUT2D eigenvalue weighted by Gasteiger charge is -2.15. The van der Waals surface area contributed by atoms with Crippen molar-refractivity contribution < 1.29 is 4.79 Å². The first-order chi connectivity index (χ1) is 9.58. The van der Waals surface area contributed by atoms with E-state index in [1.807, 2.05) is 38.1 Å². The molecule has 20 heavy (non-hydrogen) atoms. The van der Waals surface area contributed by atoms with Crippen LogP contribution >= 0.6 is 0 Å². The van der Waals surface area contributed by atoms with Gasteiger partial charge in [-0.15, -0.1) is 0 Å². The number of amides is 1. The highest BCUT2D eigenvalue weighted by molar-refractivity contribution is 5.81. The van der Waals surface area contributed by atoms with E-state index >= 15 is 0 Å². The fraction of sp³-hybridized carbons (Fsp3) is 0.357. The molecule has 3 N–H and O–H groups in total. The summed E-state index contributed by atoms with van der Waals surface area (Å²) in [6, 6.07) is 7.27. The van der Waals surface area contributed by atoms with Crippen LogP contribution in [0.25, 0.3) is 5.69 Å². The maximum absolute atomic E-state index is 11.8. The molecule has 0 aliphatic carbocycles. The summed E-state index contributed by atoms with van der Waals surface area (Å²) >= 11 is 0. The van der Waals surface area contributed by atoms with Crippen LogP contribution in [-0.4, -0.2) is 26.7 Å². The van der Waals surface area contributed by atoms with Gasteiger partial charge in [-0.05, 0) is 23.6 Å². The Morgan fingerprint density at radius 2 is 2.25 bits per heavy atom. The van der Waals surface area contributed by atoms with Crippen molar-refractivity contribution in [2.75, 3.05) is 0 Å². The van der Waals surface area contributed by atoms with Gasteiger partial charge in [-0.25, -0.2) is 9.67 Å². The third-order valence-electron chi connectivity index (χ3n) is 3.08. The molecule has 0 saturated heterocycles. The second-order valence-corrected chi connectivity index (χ2v) is 5.00. The minimum absolute atomic E-state index is 0.122. The summed E-state index contributed by atoms with van der Waals surface area (Å²) in [7, 11) is 0. The molecule has 0 fully saturated rings. The summed E-state index contributed by atoms with van der Waals surface area (Å²) < 4.78 is 1.67. The lowest BCUT2D eigenvalue weighted by Crippen LogP contribution is -2.43. The molecule has 6 nitrogen and oxygen atoms in total. The molecule has 1 heterocycles. The molecule has 1 aromatic heterocycles. The normalized spacial score (nSPS) is 12.4. The van der Waals surface area contributed by atoms with Crippen LogP contribution < -0.4 is 11.1 Å². The van der Waals surface area contributed by atoms with E-state index in [4.69, 9.17) is 5.73 Å². The summed E-state index contributed by atoms with van der Waals surface area (Å²) in [5, 5.41) is 6.92. The minimum Gasteiger partial charge on any atom is -0.351 e. The maximum Gasteiger partial charge on any atom is 0.237 e. The zero-order valence-electron chi connectivity index (χ0n) is 11.7. The predicted molar refractivity (Wildman–Crippen MR) is 76.0 cm³/mol. The zero-order chi connectivity index (χ0) is 14.5. The van der Waals surface area contributed by atoms with Gasteiger partial charge in [0.1, 0.15) is 12.7 Å². The molecule has 2 aromatic rings. The van der Waals surface area contributed by atoms with Gasteiger partial charge in [0.25, 0.3) is 0 Å². The van der Waals surface area contributed by atoms with Crippen molar-refractivity contribution in [2.45, 2.75) is 26.4 Å². The Kier molecular flexibility index (Phi) is 4.47. The quantitative estimate of drug-likeness (QED) is 0.846. The monoisotopic (exact) mass is 273 g/mol. The summed E-state index contributed by atoms with van der Waals surface area (Å²) in [5.74, 6) is -0.0114. The van der Waals surface area contributed by atoms with Crippen LogP contribution in [0.1, 0.15) is 19.4 Å². The first-order valence-electron chi connectivity index (χ1n) is 6.55. The molecule has 1 atom stereocenters. The van der Waals surface area contributed by atoms with Crippen molar-refractivity contribution in [2.24, 2.45) is 11.7 Å². The Morgan fingerprint density at radius 1 is 1.45 bits per heavy atom. The van der Waals surface area contributed by atoms with Crippen molar-refractivity contribution in [3.63, 3.8) is 0 Å². The number of rotatable bonds is 5. The highest BCUT2D eigenvalue weighted by Gasteiger charge is 2.16. The van der Waals surface area contributed by atoms with E-state index in [2.05, 4.69) is 15.4 Å². The largest absolute Gasteiger partial charge is 0.351 e. The van der Waals surface area contributed by atoms with Gasteiger partial charge in [0.05, 0.1) is 11.7 Å². The van der Waals surface area contributed by atoms with Gasteiger partial charge in [-0.3, -0.25) is 4.79 Å². The molecule has 106 valence electrons. The van der Waals surface area contributed by atoms with E-state index in [9.17, 15) is 4.79 Å². The number of nitrogens with two attached hydrogens (primary N) is 1. The Hall–Kier alpha value is -2.21. The van der Waals surface area contributed by atoms with Gasteiger partial charge < -0.3 is 11.1 Å². The molecule has 1 amide bonds. The Balaban J connectivity index is 2.01. The first kappa shape index (κ1) is 14.2. The van der Waals surface area contributed by atoms with Crippen LogP contribution in [0.15, 0.2) is 36.9 Å². The van der Waals surface area contributed by atoms with Gasteiger partial charge in [0.2, 0.25) is 5.91 Å². The number of carbonyl (C=O) groups is 1. The molecule has 0 saturated carbocycles. The molecule has 0 radical (unpaired) electrons. The van der Waals surface area contributed by atoms with Gasteiger partial charge in [0.15, 0.2) is 0 Å². The fourth-order valence-corrected chi connectivity index (χ4v) is 1.76. The topological polar surface area (TPSA) is 85.8 Å². The predicted octanol–water partition coefficient (Wildman–Crippen LogP) is 0.867. The van der Waals surface area contributed by atoms with Gasteiger partial charge >= 0.3 is 0 Å². The first-order valence-corrected chi connectivity index (χ1v) is 6.55. The second kappa shape index (κ2) is 6.29. The Bertz CT molecular complexity index is 565. The number of hydrogen-bond acceptors (Lipinski definition) is 4. The van der Waals surface area contributed by atoms with E-state index in [0.29, 0.717) is 6.54 Å². The van der Waals surface area contributed by atoms with Gasteiger partial charge in [-0.1, -0.05) is 26.0 Å². The van der Waals surface area contributed by atoms with E-state index in [1.54, 1.807) is 11.0 Å².